The van der Waals surface area contributed by atoms with Crippen molar-refractivity contribution in [2.75, 3.05) is 13.1 Å². The second-order valence-electron chi connectivity index (χ2n) is 6.54. The van der Waals surface area contributed by atoms with Crippen molar-refractivity contribution in [3.8, 4) is 0 Å². The highest BCUT2D eigenvalue weighted by atomic mass is 35.5. The molecule has 1 atom stereocenters. The Morgan fingerprint density at radius 1 is 1.00 bits per heavy atom. The number of benzene rings is 2. The third-order valence-corrected chi connectivity index (χ3v) is 9.11. The first-order valence-electron chi connectivity index (χ1n) is 8.19. The van der Waals surface area contributed by atoms with E-state index in [1.165, 1.54) is 28.6 Å². The van der Waals surface area contributed by atoms with Crippen LogP contribution in [0.15, 0.2) is 52.3 Å². The lowest BCUT2D eigenvalue weighted by Gasteiger charge is -2.18. The van der Waals surface area contributed by atoms with Gasteiger partial charge in [-0.2, -0.15) is 4.31 Å². The van der Waals surface area contributed by atoms with Crippen molar-refractivity contribution in [1.82, 2.24) is 4.31 Å². The van der Waals surface area contributed by atoms with Gasteiger partial charge < -0.3 is 0 Å². The summed E-state index contributed by atoms with van der Waals surface area (Å²) in [6.07, 6.45) is 0.273. The van der Waals surface area contributed by atoms with Gasteiger partial charge in [-0.15, -0.1) is 0 Å². The van der Waals surface area contributed by atoms with Crippen molar-refractivity contribution >= 4 is 31.5 Å². The molecule has 0 amide bonds. The Kier molecular flexibility index (Phi) is 5.18. The molecule has 0 aromatic heterocycles. The summed E-state index contributed by atoms with van der Waals surface area (Å²) >= 11 is 5.82. The van der Waals surface area contributed by atoms with Gasteiger partial charge in [0.2, 0.25) is 10.0 Å². The van der Waals surface area contributed by atoms with E-state index >= 15 is 0 Å². The van der Waals surface area contributed by atoms with Crippen molar-refractivity contribution in [2.45, 2.75) is 35.3 Å². The lowest BCUT2D eigenvalue weighted by Crippen LogP contribution is -2.32. The number of sulfone groups is 1. The van der Waals surface area contributed by atoms with Crippen molar-refractivity contribution in [1.29, 1.82) is 0 Å². The Hall–Kier alpha value is -1.41. The molecule has 0 saturated carbocycles. The van der Waals surface area contributed by atoms with Gasteiger partial charge in [0.05, 0.1) is 15.0 Å². The zero-order chi connectivity index (χ0) is 19.1. The SMILES string of the molecule is Cc1ccc(S(=O)(=O)N2CCC(S(=O)(=O)c3ccc(Cl)cc3)C2)c(C)c1. The molecule has 140 valence electrons. The topological polar surface area (TPSA) is 71.5 Å². The van der Waals surface area contributed by atoms with E-state index in [4.69, 9.17) is 11.6 Å². The van der Waals surface area contributed by atoms with Gasteiger partial charge in [0.25, 0.3) is 0 Å². The Balaban J connectivity index is 1.87. The summed E-state index contributed by atoms with van der Waals surface area (Å²) in [5.74, 6) is 0. The van der Waals surface area contributed by atoms with Crippen LogP contribution in [0.2, 0.25) is 5.02 Å². The van der Waals surface area contributed by atoms with Crippen LogP contribution in [0.1, 0.15) is 17.5 Å². The standard InChI is InChI=1S/C18H20ClNO4S2/c1-13-3-8-18(14(2)11-13)26(23,24)20-10-9-17(12-20)25(21,22)16-6-4-15(19)5-7-16/h3-8,11,17H,9-10,12H2,1-2H3. The molecule has 8 heteroatoms. The summed E-state index contributed by atoms with van der Waals surface area (Å²) in [6, 6.07) is 11.1. The molecule has 1 saturated heterocycles. The maximum Gasteiger partial charge on any atom is 0.243 e. The Labute approximate surface area is 159 Å². The van der Waals surface area contributed by atoms with E-state index in [-0.39, 0.29) is 29.3 Å². The molecule has 1 unspecified atom stereocenters. The highest BCUT2D eigenvalue weighted by Gasteiger charge is 2.39. The van der Waals surface area contributed by atoms with Crippen LogP contribution in [0.25, 0.3) is 0 Å². The zero-order valence-electron chi connectivity index (χ0n) is 14.5. The van der Waals surface area contributed by atoms with Crippen LogP contribution in [0.3, 0.4) is 0 Å². The molecule has 0 N–H and O–H groups in total. The maximum absolute atomic E-state index is 12.9. The maximum atomic E-state index is 12.9. The van der Waals surface area contributed by atoms with E-state index in [0.29, 0.717) is 10.6 Å². The van der Waals surface area contributed by atoms with Crippen LogP contribution in [0.5, 0.6) is 0 Å². The second kappa shape index (κ2) is 6.96. The molecular formula is C18H20ClNO4S2. The Morgan fingerprint density at radius 3 is 2.27 bits per heavy atom. The van der Waals surface area contributed by atoms with Crippen LogP contribution >= 0.6 is 11.6 Å². The fourth-order valence-electron chi connectivity index (χ4n) is 3.21. The quantitative estimate of drug-likeness (QED) is 0.771. The number of halogens is 1. The minimum atomic E-state index is -3.72. The first kappa shape index (κ1) is 19.4. The molecule has 26 heavy (non-hydrogen) atoms. The van der Waals surface area contributed by atoms with Crippen molar-refractivity contribution in [3.63, 3.8) is 0 Å². The minimum absolute atomic E-state index is 0.0411. The van der Waals surface area contributed by atoms with Gasteiger partial charge >= 0.3 is 0 Å². The van der Waals surface area contributed by atoms with Crippen LogP contribution < -0.4 is 0 Å². The van der Waals surface area contributed by atoms with E-state index in [1.807, 2.05) is 13.0 Å². The summed E-state index contributed by atoms with van der Waals surface area (Å²) in [5.41, 5.74) is 1.64. The summed E-state index contributed by atoms with van der Waals surface area (Å²) in [5, 5.41) is -0.307. The number of hydrogen-bond acceptors (Lipinski definition) is 4. The predicted octanol–water partition coefficient (Wildman–Crippen LogP) is 3.19. The highest BCUT2D eigenvalue weighted by Crippen LogP contribution is 2.29. The lowest BCUT2D eigenvalue weighted by molar-refractivity contribution is 0.476. The molecule has 1 aliphatic heterocycles. The fraction of sp³-hybridized carbons (Fsp3) is 0.333. The molecule has 3 rings (SSSR count). The average molecular weight is 414 g/mol. The second-order valence-corrected chi connectivity index (χ2v) is 11.1. The van der Waals surface area contributed by atoms with Gasteiger partial charge in [0.15, 0.2) is 9.84 Å². The first-order valence-corrected chi connectivity index (χ1v) is 11.6. The van der Waals surface area contributed by atoms with E-state index < -0.39 is 25.1 Å². The molecule has 0 bridgehead atoms. The molecular weight excluding hydrogens is 394 g/mol. The molecule has 0 spiro atoms. The average Bonchev–Trinajstić information content (AvgIpc) is 3.06. The van der Waals surface area contributed by atoms with Crippen LogP contribution in [0.4, 0.5) is 0 Å². The van der Waals surface area contributed by atoms with Crippen molar-refractivity contribution in [2.24, 2.45) is 0 Å². The van der Waals surface area contributed by atoms with Gasteiger partial charge in [-0.05, 0) is 56.2 Å². The van der Waals surface area contributed by atoms with Crippen molar-refractivity contribution < 1.29 is 16.8 Å². The van der Waals surface area contributed by atoms with Gasteiger partial charge in [-0.1, -0.05) is 29.3 Å². The van der Waals surface area contributed by atoms with Gasteiger partial charge in [0.1, 0.15) is 0 Å². The molecule has 1 heterocycles. The normalized spacial score (nSPS) is 19.0. The fourth-order valence-corrected chi connectivity index (χ4v) is 6.83. The van der Waals surface area contributed by atoms with Crippen LogP contribution in [-0.2, 0) is 19.9 Å². The van der Waals surface area contributed by atoms with Crippen LogP contribution in [0, 0.1) is 13.8 Å². The van der Waals surface area contributed by atoms with Gasteiger partial charge in [-0.3, -0.25) is 0 Å². The highest BCUT2D eigenvalue weighted by molar-refractivity contribution is 7.92. The smallest absolute Gasteiger partial charge is 0.223 e. The van der Waals surface area contributed by atoms with E-state index in [1.54, 1.807) is 19.1 Å². The monoisotopic (exact) mass is 413 g/mol. The number of nitrogens with zero attached hydrogens (tertiary/aromatic N) is 1. The summed E-state index contributed by atoms with van der Waals surface area (Å²) in [6.45, 7) is 3.79. The third-order valence-electron chi connectivity index (χ3n) is 4.64. The van der Waals surface area contributed by atoms with Gasteiger partial charge in [0, 0.05) is 18.1 Å². The summed E-state index contributed by atoms with van der Waals surface area (Å²) in [7, 11) is -7.33. The van der Waals surface area contributed by atoms with Crippen LogP contribution in [-0.4, -0.2) is 39.5 Å². The van der Waals surface area contributed by atoms with E-state index in [2.05, 4.69) is 0 Å². The summed E-state index contributed by atoms with van der Waals surface area (Å²) < 4.78 is 52.7. The first-order chi connectivity index (χ1) is 12.1. The molecule has 1 fully saturated rings. The van der Waals surface area contributed by atoms with Gasteiger partial charge in [-0.25, -0.2) is 16.8 Å². The molecule has 0 aliphatic carbocycles. The number of aryl methyl sites for hydroxylation is 2. The Morgan fingerprint density at radius 2 is 1.65 bits per heavy atom. The number of hydrogen-bond donors (Lipinski definition) is 0. The molecule has 2 aromatic carbocycles. The molecule has 5 nitrogen and oxygen atoms in total. The molecule has 1 aliphatic rings. The number of sulfonamides is 1. The Bertz CT molecular complexity index is 1030. The van der Waals surface area contributed by atoms with E-state index in [9.17, 15) is 16.8 Å². The number of rotatable bonds is 4. The van der Waals surface area contributed by atoms with E-state index in [0.717, 1.165) is 5.56 Å². The molecule has 0 radical (unpaired) electrons. The minimum Gasteiger partial charge on any atom is -0.223 e. The zero-order valence-corrected chi connectivity index (χ0v) is 16.9. The lowest BCUT2D eigenvalue weighted by atomic mass is 10.2. The largest absolute Gasteiger partial charge is 0.243 e. The van der Waals surface area contributed by atoms with Crippen molar-refractivity contribution in [3.05, 3.63) is 58.6 Å². The molecule has 2 aromatic rings. The summed E-state index contributed by atoms with van der Waals surface area (Å²) in [4.78, 5) is 0.394. The third kappa shape index (κ3) is 3.53. The predicted molar refractivity (Wildman–Crippen MR) is 102 cm³/mol.